The molecular weight excluding hydrogens is 591 g/mol. The molecule has 0 bridgehead atoms. The van der Waals surface area contributed by atoms with Crippen molar-refractivity contribution in [2.24, 2.45) is 0 Å². The number of hydrogen-bond donors (Lipinski definition) is 0. The third-order valence-electron chi connectivity index (χ3n) is 8.12. The molecule has 0 N–H and O–H groups in total. The molecule has 0 atom stereocenters. The summed E-state index contributed by atoms with van der Waals surface area (Å²) in [6.45, 7) is 0. The highest BCUT2D eigenvalue weighted by molar-refractivity contribution is 5.81. The van der Waals surface area contributed by atoms with Gasteiger partial charge in [0.15, 0.2) is 17.5 Å². The standard InChI is InChI=1S/C41H27N7/c1-3-32(28-7-15-42-16-8-28)23-34(5-1)39-46-40(35-6-2-4-33(24-35)29-9-17-43-18-10-29)48-41(47-39)38-26-36(30-11-19-44-20-12-30)25-37(27-38)31-13-21-45-22-14-31/h1-27H. The average molecular weight is 618 g/mol. The molecule has 5 aromatic heterocycles. The third-order valence-corrected chi connectivity index (χ3v) is 8.12. The van der Waals surface area contributed by atoms with Crippen molar-refractivity contribution in [3.05, 3.63) is 165 Å². The molecule has 0 saturated carbocycles. The first-order valence-corrected chi connectivity index (χ1v) is 15.5. The zero-order valence-corrected chi connectivity index (χ0v) is 25.7. The number of pyridine rings is 4. The summed E-state index contributed by atoms with van der Waals surface area (Å²) >= 11 is 0. The summed E-state index contributed by atoms with van der Waals surface area (Å²) in [6, 6.07) is 39.0. The number of rotatable bonds is 7. The van der Waals surface area contributed by atoms with Crippen LogP contribution in [-0.2, 0) is 0 Å². The van der Waals surface area contributed by atoms with Gasteiger partial charge in [0, 0.05) is 66.3 Å². The summed E-state index contributed by atoms with van der Waals surface area (Å²) in [7, 11) is 0. The van der Waals surface area contributed by atoms with Gasteiger partial charge < -0.3 is 0 Å². The van der Waals surface area contributed by atoms with E-state index in [0.29, 0.717) is 17.5 Å². The zero-order valence-electron chi connectivity index (χ0n) is 25.7. The van der Waals surface area contributed by atoms with Crippen LogP contribution in [0.25, 0.3) is 78.7 Å². The Hall–Kier alpha value is -6.73. The van der Waals surface area contributed by atoms with Gasteiger partial charge in [0.2, 0.25) is 0 Å². The van der Waals surface area contributed by atoms with Crippen molar-refractivity contribution in [1.82, 2.24) is 34.9 Å². The maximum Gasteiger partial charge on any atom is 0.164 e. The van der Waals surface area contributed by atoms with E-state index in [1.165, 1.54) is 0 Å². The van der Waals surface area contributed by atoms with Gasteiger partial charge in [-0.3, -0.25) is 19.9 Å². The predicted molar refractivity (Wildman–Crippen MR) is 189 cm³/mol. The minimum Gasteiger partial charge on any atom is -0.265 e. The van der Waals surface area contributed by atoms with Gasteiger partial charge >= 0.3 is 0 Å². The molecule has 8 aromatic rings. The van der Waals surface area contributed by atoms with Crippen LogP contribution in [0, 0.1) is 0 Å². The molecule has 0 aliphatic carbocycles. The quantitative estimate of drug-likeness (QED) is 0.176. The van der Waals surface area contributed by atoms with Crippen LogP contribution in [-0.4, -0.2) is 34.9 Å². The molecule has 3 aromatic carbocycles. The van der Waals surface area contributed by atoms with Crippen LogP contribution in [0.2, 0.25) is 0 Å². The molecule has 0 unspecified atom stereocenters. The molecule has 0 radical (unpaired) electrons. The van der Waals surface area contributed by atoms with Gasteiger partial charge in [-0.2, -0.15) is 0 Å². The molecule has 8 rings (SSSR count). The van der Waals surface area contributed by atoms with Gasteiger partial charge in [-0.25, -0.2) is 15.0 Å². The molecule has 0 spiro atoms. The average Bonchev–Trinajstić information content (AvgIpc) is 3.19. The first-order chi connectivity index (χ1) is 23.8. The second-order valence-corrected chi connectivity index (χ2v) is 11.2. The van der Waals surface area contributed by atoms with Gasteiger partial charge in [-0.05, 0) is 123 Å². The van der Waals surface area contributed by atoms with E-state index in [2.05, 4.69) is 62.4 Å². The Morgan fingerprint density at radius 1 is 0.229 bits per heavy atom. The molecular formula is C41H27N7. The van der Waals surface area contributed by atoms with E-state index in [9.17, 15) is 0 Å². The van der Waals surface area contributed by atoms with Crippen LogP contribution in [0.15, 0.2) is 165 Å². The molecule has 48 heavy (non-hydrogen) atoms. The van der Waals surface area contributed by atoms with E-state index in [1.807, 2.05) is 72.8 Å². The summed E-state index contributed by atoms with van der Waals surface area (Å²) in [5.41, 5.74) is 11.1. The smallest absolute Gasteiger partial charge is 0.164 e. The fraction of sp³-hybridized carbons (Fsp3) is 0. The normalized spacial score (nSPS) is 10.9. The third kappa shape index (κ3) is 6.08. The lowest BCUT2D eigenvalue weighted by Crippen LogP contribution is -2.01. The van der Waals surface area contributed by atoms with Gasteiger partial charge in [-0.15, -0.1) is 0 Å². The van der Waals surface area contributed by atoms with Crippen molar-refractivity contribution in [1.29, 1.82) is 0 Å². The first-order valence-electron chi connectivity index (χ1n) is 15.5. The molecule has 0 amide bonds. The Morgan fingerprint density at radius 2 is 0.500 bits per heavy atom. The van der Waals surface area contributed by atoms with Gasteiger partial charge in [0.05, 0.1) is 0 Å². The van der Waals surface area contributed by atoms with Crippen molar-refractivity contribution in [2.75, 3.05) is 0 Å². The molecule has 226 valence electrons. The van der Waals surface area contributed by atoms with Crippen LogP contribution in [0.4, 0.5) is 0 Å². The van der Waals surface area contributed by atoms with Gasteiger partial charge in [-0.1, -0.05) is 36.4 Å². The molecule has 0 saturated heterocycles. The summed E-state index contributed by atoms with van der Waals surface area (Å²) < 4.78 is 0. The summed E-state index contributed by atoms with van der Waals surface area (Å²) in [6.07, 6.45) is 14.4. The Bertz CT molecular complexity index is 2170. The van der Waals surface area contributed by atoms with E-state index < -0.39 is 0 Å². The highest BCUT2D eigenvalue weighted by atomic mass is 15.0. The second-order valence-electron chi connectivity index (χ2n) is 11.2. The van der Waals surface area contributed by atoms with Gasteiger partial charge in [0.1, 0.15) is 0 Å². The molecule has 5 heterocycles. The number of nitrogens with zero attached hydrogens (tertiary/aromatic N) is 7. The first kappa shape index (κ1) is 28.7. The second kappa shape index (κ2) is 12.9. The zero-order chi connectivity index (χ0) is 32.1. The minimum absolute atomic E-state index is 0.574. The van der Waals surface area contributed by atoms with Crippen molar-refractivity contribution in [2.45, 2.75) is 0 Å². The van der Waals surface area contributed by atoms with Crippen LogP contribution in [0.5, 0.6) is 0 Å². The predicted octanol–water partition coefficient (Wildman–Crippen LogP) is 9.12. The largest absolute Gasteiger partial charge is 0.265 e. The Morgan fingerprint density at radius 3 is 0.875 bits per heavy atom. The summed E-state index contributed by atoms with van der Waals surface area (Å²) in [5.74, 6) is 1.74. The van der Waals surface area contributed by atoms with E-state index in [-0.39, 0.29) is 0 Å². The Balaban J connectivity index is 1.33. The van der Waals surface area contributed by atoms with Crippen molar-refractivity contribution < 1.29 is 0 Å². The number of hydrogen-bond acceptors (Lipinski definition) is 7. The lowest BCUT2D eigenvalue weighted by molar-refractivity contribution is 1.07. The van der Waals surface area contributed by atoms with E-state index in [1.54, 1.807) is 49.6 Å². The monoisotopic (exact) mass is 617 g/mol. The maximum atomic E-state index is 5.12. The highest BCUT2D eigenvalue weighted by Crippen LogP contribution is 2.34. The lowest BCUT2D eigenvalue weighted by atomic mass is 9.96. The Labute approximate surface area is 277 Å². The molecule has 7 nitrogen and oxygen atoms in total. The van der Waals surface area contributed by atoms with E-state index in [0.717, 1.165) is 61.2 Å². The molecule has 0 fully saturated rings. The van der Waals surface area contributed by atoms with Crippen LogP contribution >= 0.6 is 0 Å². The van der Waals surface area contributed by atoms with Crippen LogP contribution < -0.4 is 0 Å². The Kier molecular flexibility index (Phi) is 7.74. The molecule has 0 aliphatic heterocycles. The highest BCUT2D eigenvalue weighted by Gasteiger charge is 2.16. The lowest BCUT2D eigenvalue weighted by Gasteiger charge is -2.13. The fourth-order valence-electron chi connectivity index (χ4n) is 5.71. The molecule has 0 aliphatic rings. The van der Waals surface area contributed by atoms with E-state index >= 15 is 0 Å². The van der Waals surface area contributed by atoms with E-state index in [4.69, 9.17) is 15.0 Å². The minimum atomic E-state index is 0.574. The SMILES string of the molecule is c1cc(-c2ccncc2)cc(-c2nc(-c3cccc(-c4ccncc4)c3)nc(-c3cc(-c4ccncc4)cc(-c4ccncc4)c3)n2)c1. The van der Waals surface area contributed by atoms with Crippen molar-refractivity contribution >= 4 is 0 Å². The topological polar surface area (TPSA) is 90.2 Å². The number of aromatic nitrogens is 7. The van der Waals surface area contributed by atoms with Crippen LogP contribution in [0.3, 0.4) is 0 Å². The maximum absolute atomic E-state index is 5.12. The number of benzene rings is 3. The van der Waals surface area contributed by atoms with Crippen molar-refractivity contribution in [3.8, 4) is 78.7 Å². The summed E-state index contributed by atoms with van der Waals surface area (Å²) in [5, 5.41) is 0. The summed E-state index contributed by atoms with van der Waals surface area (Å²) in [4.78, 5) is 32.1. The van der Waals surface area contributed by atoms with Crippen molar-refractivity contribution in [3.63, 3.8) is 0 Å². The van der Waals surface area contributed by atoms with Crippen LogP contribution in [0.1, 0.15) is 0 Å². The van der Waals surface area contributed by atoms with Gasteiger partial charge in [0.25, 0.3) is 0 Å². The molecule has 7 heteroatoms. The fourth-order valence-corrected chi connectivity index (χ4v) is 5.71.